The molecule has 0 spiro atoms. The maximum absolute atomic E-state index is 13.0. The number of rotatable bonds is 4. The van der Waals surface area contributed by atoms with E-state index < -0.39 is 12.1 Å². The number of carbonyl (C=O) groups is 1. The molecular weight excluding hydrogens is 321 g/mol. The quantitative estimate of drug-likeness (QED) is 0.900. The van der Waals surface area contributed by atoms with Gasteiger partial charge in [-0.1, -0.05) is 6.42 Å². The van der Waals surface area contributed by atoms with Gasteiger partial charge in [0, 0.05) is 25.7 Å². The summed E-state index contributed by atoms with van der Waals surface area (Å²) < 4.78 is 44.1. The molecule has 1 N–H and O–H groups in total. The highest BCUT2D eigenvalue weighted by Crippen LogP contribution is 2.39. The minimum Gasteiger partial charge on any atom is -0.495 e. The van der Waals surface area contributed by atoms with Crippen LogP contribution in [0.4, 0.5) is 18.9 Å². The molecule has 1 fully saturated rings. The zero-order valence-corrected chi connectivity index (χ0v) is 14.1. The second-order valence-corrected chi connectivity index (χ2v) is 6.36. The number of hydrogen-bond donors (Lipinski definition) is 1. The molecule has 1 saturated carbocycles. The van der Waals surface area contributed by atoms with Crippen molar-refractivity contribution in [3.63, 3.8) is 0 Å². The first-order chi connectivity index (χ1) is 11.2. The highest BCUT2D eigenvalue weighted by atomic mass is 19.4. The van der Waals surface area contributed by atoms with Crippen LogP contribution < -0.4 is 10.1 Å². The first kappa shape index (κ1) is 18.4. The zero-order valence-electron chi connectivity index (χ0n) is 14.1. The third-order valence-electron chi connectivity index (χ3n) is 4.35. The second-order valence-electron chi connectivity index (χ2n) is 6.36. The van der Waals surface area contributed by atoms with Crippen molar-refractivity contribution in [2.24, 2.45) is 5.92 Å². The van der Waals surface area contributed by atoms with E-state index in [2.05, 4.69) is 5.32 Å². The van der Waals surface area contributed by atoms with Gasteiger partial charge in [-0.15, -0.1) is 0 Å². The van der Waals surface area contributed by atoms with Gasteiger partial charge in [0.2, 0.25) is 0 Å². The second kappa shape index (κ2) is 7.32. The van der Waals surface area contributed by atoms with Crippen molar-refractivity contribution in [1.82, 2.24) is 4.90 Å². The number of ether oxygens (including phenoxy) is 1. The lowest BCUT2D eigenvalue weighted by molar-refractivity contribution is -0.182. The van der Waals surface area contributed by atoms with E-state index in [9.17, 15) is 18.0 Å². The molecule has 0 radical (unpaired) electrons. The van der Waals surface area contributed by atoms with Gasteiger partial charge in [0.05, 0.1) is 18.7 Å². The van der Waals surface area contributed by atoms with Crippen molar-refractivity contribution >= 4 is 11.6 Å². The first-order valence-electron chi connectivity index (χ1n) is 7.95. The van der Waals surface area contributed by atoms with E-state index in [4.69, 9.17) is 4.74 Å². The van der Waals surface area contributed by atoms with E-state index in [1.54, 1.807) is 32.3 Å². The predicted molar refractivity (Wildman–Crippen MR) is 86.4 cm³/mol. The largest absolute Gasteiger partial charge is 0.495 e. The van der Waals surface area contributed by atoms with E-state index in [1.807, 2.05) is 0 Å². The van der Waals surface area contributed by atoms with Crippen LogP contribution in [0.15, 0.2) is 18.2 Å². The maximum atomic E-state index is 13.0. The Labute approximate surface area is 140 Å². The number of methoxy groups -OCH3 is 1. The number of anilines is 1. The summed E-state index contributed by atoms with van der Waals surface area (Å²) in [6.07, 6.45) is -2.74. The molecule has 4 nitrogen and oxygen atoms in total. The summed E-state index contributed by atoms with van der Waals surface area (Å²) in [6, 6.07) is 4.65. The predicted octanol–water partition coefficient (Wildman–Crippen LogP) is 3.93. The zero-order chi connectivity index (χ0) is 17.9. The molecule has 0 aromatic heterocycles. The summed E-state index contributed by atoms with van der Waals surface area (Å²) in [6.45, 7) is 0. The molecule has 0 bridgehead atoms. The van der Waals surface area contributed by atoms with Crippen LogP contribution in [-0.2, 0) is 0 Å². The molecule has 0 unspecified atom stereocenters. The SMILES string of the molecule is COc1ccc(C(=O)N(C)C)cc1N[C@@H]1CCC[C@@H](C(F)(F)F)C1. The monoisotopic (exact) mass is 344 g/mol. The van der Waals surface area contributed by atoms with Crippen LogP contribution in [0.5, 0.6) is 5.75 Å². The van der Waals surface area contributed by atoms with Crippen molar-refractivity contribution in [1.29, 1.82) is 0 Å². The van der Waals surface area contributed by atoms with Gasteiger partial charge in [-0.3, -0.25) is 4.79 Å². The molecule has 1 aliphatic rings. The van der Waals surface area contributed by atoms with Gasteiger partial charge in [-0.05, 0) is 37.5 Å². The molecule has 1 aliphatic carbocycles. The van der Waals surface area contributed by atoms with E-state index in [1.165, 1.54) is 12.0 Å². The van der Waals surface area contributed by atoms with Crippen molar-refractivity contribution in [2.75, 3.05) is 26.5 Å². The molecule has 1 aromatic carbocycles. The average Bonchev–Trinajstić information content (AvgIpc) is 2.53. The number of benzene rings is 1. The standard InChI is InChI=1S/C17H23F3N2O2/c1-22(2)16(23)11-7-8-15(24-3)14(9-11)21-13-6-4-5-12(10-13)17(18,19)20/h7-9,12-13,21H,4-6,10H2,1-3H3/t12-,13-/m1/s1. The lowest BCUT2D eigenvalue weighted by Crippen LogP contribution is -2.34. The molecular formula is C17H23F3N2O2. The normalized spacial score (nSPS) is 21.2. The molecule has 134 valence electrons. The van der Waals surface area contributed by atoms with Gasteiger partial charge in [-0.25, -0.2) is 0 Å². The van der Waals surface area contributed by atoms with Crippen molar-refractivity contribution < 1.29 is 22.7 Å². The molecule has 2 rings (SSSR count). The number of nitrogens with one attached hydrogen (secondary N) is 1. The molecule has 0 saturated heterocycles. The molecule has 1 amide bonds. The van der Waals surface area contributed by atoms with Crippen LogP contribution in [0.2, 0.25) is 0 Å². The van der Waals surface area contributed by atoms with Gasteiger partial charge in [-0.2, -0.15) is 13.2 Å². The van der Waals surface area contributed by atoms with Crippen molar-refractivity contribution in [3.05, 3.63) is 23.8 Å². The number of halogens is 3. The first-order valence-corrected chi connectivity index (χ1v) is 7.95. The Bertz CT molecular complexity index is 588. The molecule has 7 heteroatoms. The van der Waals surface area contributed by atoms with Gasteiger partial charge in [0.15, 0.2) is 0 Å². The Morgan fingerprint density at radius 2 is 2.00 bits per heavy atom. The lowest BCUT2D eigenvalue weighted by Gasteiger charge is -2.32. The minimum absolute atomic E-state index is 0.0402. The summed E-state index contributed by atoms with van der Waals surface area (Å²) in [5, 5.41) is 3.14. The summed E-state index contributed by atoms with van der Waals surface area (Å²) >= 11 is 0. The van der Waals surface area contributed by atoms with E-state index in [-0.39, 0.29) is 24.8 Å². The summed E-state index contributed by atoms with van der Waals surface area (Å²) in [5.74, 6) is -0.932. The third kappa shape index (κ3) is 4.33. The average molecular weight is 344 g/mol. The Balaban J connectivity index is 2.18. The summed E-state index contributed by atoms with van der Waals surface area (Å²) in [4.78, 5) is 13.5. The fourth-order valence-electron chi connectivity index (χ4n) is 3.05. The van der Waals surface area contributed by atoms with Crippen molar-refractivity contribution in [2.45, 2.75) is 37.9 Å². The number of hydrogen-bond acceptors (Lipinski definition) is 3. The number of nitrogens with zero attached hydrogens (tertiary/aromatic N) is 1. The highest BCUT2D eigenvalue weighted by molar-refractivity contribution is 5.95. The molecule has 0 heterocycles. The van der Waals surface area contributed by atoms with Crippen LogP contribution >= 0.6 is 0 Å². The van der Waals surface area contributed by atoms with Gasteiger partial charge >= 0.3 is 6.18 Å². The topological polar surface area (TPSA) is 41.6 Å². The smallest absolute Gasteiger partial charge is 0.391 e. The van der Waals surface area contributed by atoms with E-state index >= 15 is 0 Å². The van der Waals surface area contributed by atoms with Crippen LogP contribution in [0.1, 0.15) is 36.0 Å². The fraction of sp³-hybridized carbons (Fsp3) is 0.588. The summed E-state index contributed by atoms with van der Waals surface area (Å²) in [7, 11) is 4.79. The highest BCUT2D eigenvalue weighted by Gasteiger charge is 2.42. The number of amides is 1. The molecule has 2 atom stereocenters. The Hall–Kier alpha value is -1.92. The minimum atomic E-state index is -4.16. The molecule has 1 aromatic rings. The lowest BCUT2D eigenvalue weighted by atomic mass is 9.85. The van der Waals surface area contributed by atoms with Crippen LogP contribution in [-0.4, -0.2) is 44.2 Å². The van der Waals surface area contributed by atoms with Crippen LogP contribution in [0.3, 0.4) is 0 Å². The van der Waals surface area contributed by atoms with Crippen molar-refractivity contribution in [3.8, 4) is 5.75 Å². The van der Waals surface area contributed by atoms with Crippen LogP contribution in [0.25, 0.3) is 0 Å². The van der Waals surface area contributed by atoms with Gasteiger partial charge in [0.1, 0.15) is 5.75 Å². The Morgan fingerprint density at radius 3 is 2.58 bits per heavy atom. The van der Waals surface area contributed by atoms with Crippen LogP contribution in [0, 0.1) is 5.92 Å². The Kier molecular flexibility index (Phi) is 5.62. The fourth-order valence-corrected chi connectivity index (χ4v) is 3.05. The third-order valence-corrected chi connectivity index (χ3v) is 4.35. The van der Waals surface area contributed by atoms with E-state index in [0.29, 0.717) is 29.8 Å². The maximum Gasteiger partial charge on any atom is 0.391 e. The van der Waals surface area contributed by atoms with Gasteiger partial charge in [0.25, 0.3) is 5.91 Å². The molecule has 24 heavy (non-hydrogen) atoms. The number of carbonyl (C=O) groups excluding carboxylic acids is 1. The summed E-state index contributed by atoms with van der Waals surface area (Å²) in [5.41, 5.74) is 1.02. The van der Waals surface area contributed by atoms with E-state index in [0.717, 1.165) is 0 Å². The number of alkyl halides is 3. The van der Waals surface area contributed by atoms with Gasteiger partial charge < -0.3 is 15.0 Å². The molecule has 0 aliphatic heterocycles. The Morgan fingerprint density at radius 1 is 1.29 bits per heavy atom.